The molecule has 2 N–H and O–H groups in total. The van der Waals surface area contributed by atoms with Gasteiger partial charge in [0.1, 0.15) is 5.84 Å². The van der Waals surface area contributed by atoms with E-state index in [0.717, 1.165) is 4.88 Å². The van der Waals surface area contributed by atoms with Gasteiger partial charge < -0.3 is 5.73 Å². The highest BCUT2D eigenvalue weighted by atomic mass is 32.1. The lowest BCUT2D eigenvalue weighted by Gasteiger charge is -1.88. The Kier molecular flexibility index (Phi) is 1.79. The van der Waals surface area contributed by atoms with E-state index in [1.54, 1.807) is 18.8 Å². The van der Waals surface area contributed by atoms with E-state index in [4.69, 9.17) is 5.73 Å². The summed E-state index contributed by atoms with van der Waals surface area (Å²) in [5.41, 5.74) is 7.19. The molecule has 0 aromatic carbocycles. The maximum absolute atomic E-state index is 5.46. The minimum absolute atomic E-state index is 0.553. The van der Waals surface area contributed by atoms with Crippen molar-refractivity contribution in [2.45, 2.75) is 0 Å². The van der Waals surface area contributed by atoms with Crippen LogP contribution in [0.1, 0.15) is 4.88 Å². The maximum Gasteiger partial charge on any atom is 0.137 e. The summed E-state index contributed by atoms with van der Waals surface area (Å²) in [6.45, 7) is 0. The molecule has 0 aliphatic carbocycles. The summed E-state index contributed by atoms with van der Waals surface area (Å²) in [5, 5.41) is 0. The van der Waals surface area contributed by atoms with E-state index in [9.17, 15) is 0 Å². The van der Waals surface area contributed by atoms with Gasteiger partial charge in [0.15, 0.2) is 0 Å². The van der Waals surface area contributed by atoms with E-state index in [0.29, 0.717) is 5.84 Å². The largest absolute Gasteiger partial charge is 0.383 e. The Balaban J connectivity index is 2.90. The number of hydrogen-bond acceptors (Lipinski definition) is 3. The van der Waals surface area contributed by atoms with Crippen molar-refractivity contribution in [2.75, 3.05) is 7.05 Å². The molecule has 0 bridgehead atoms. The molecule has 0 unspecified atom stereocenters. The van der Waals surface area contributed by atoms with E-state index >= 15 is 0 Å². The summed E-state index contributed by atoms with van der Waals surface area (Å²) >= 11 is 1.49. The second-order valence-corrected chi connectivity index (χ2v) is 2.36. The van der Waals surface area contributed by atoms with Gasteiger partial charge in [-0.25, -0.2) is 0 Å². The van der Waals surface area contributed by atoms with Gasteiger partial charge in [0.05, 0.1) is 10.4 Å². The van der Waals surface area contributed by atoms with Crippen LogP contribution in [0.2, 0.25) is 0 Å². The first-order valence-electron chi connectivity index (χ1n) is 2.45. The van der Waals surface area contributed by atoms with Gasteiger partial charge in [0.25, 0.3) is 0 Å². The third-order valence-electron chi connectivity index (χ3n) is 0.926. The number of nitrogens with two attached hydrogens (primary N) is 1. The zero-order chi connectivity index (χ0) is 6.69. The molecular weight excluding hydrogens is 134 g/mol. The molecule has 1 rings (SSSR count). The molecule has 1 aromatic heterocycles. The topological polar surface area (TPSA) is 51.3 Å². The second-order valence-electron chi connectivity index (χ2n) is 1.47. The van der Waals surface area contributed by atoms with Crippen molar-refractivity contribution in [1.82, 2.24) is 4.98 Å². The molecule has 3 nitrogen and oxygen atoms in total. The number of amidine groups is 1. The van der Waals surface area contributed by atoms with Gasteiger partial charge in [-0.1, -0.05) is 0 Å². The first-order chi connectivity index (χ1) is 4.34. The van der Waals surface area contributed by atoms with Crippen molar-refractivity contribution in [2.24, 2.45) is 10.7 Å². The Labute approximate surface area is 57.3 Å². The van der Waals surface area contributed by atoms with E-state index in [1.165, 1.54) is 11.3 Å². The van der Waals surface area contributed by atoms with Crippen LogP contribution < -0.4 is 5.73 Å². The fraction of sp³-hybridized carbons (Fsp3) is 0.200. The highest BCUT2D eigenvalue weighted by Gasteiger charge is 1.95. The lowest BCUT2D eigenvalue weighted by Crippen LogP contribution is -2.10. The van der Waals surface area contributed by atoms with Crippen molar-refractivity contribution in [3.05, 3.63) is 16.6 Å². The predicted octanol–water partition coefficient (Wildman–Crippen LogP) is 0.478. The van der Waals surface area contributed by atoms with Crippen LogP contribution in [0.25, 0.3) is 0 Å². The van der Waals surface area contributed by atoms with Gasteiger partial charge in [0, 0.05) is 13.2 Å². The van der Waals surface area contributed by atoms with Crippen LogP contribution in [-0.2, 0) is 0 Å². The molecule has 4 heteroatoms. The standard InChI is InChI=1S/C5H7N3S/c1-7-5(6)4-2-8-3-9-4/h2-3H,1H3,(H2,6,7). The first-order valence-corrected chi connectivity index (χ1v) is 3.33. The Morgan fingerprint density at radius 2 is 2.67 bits per heavy atom. The van der Waals surface area contributed by atoms with E-state index in [1.807, 2.05) is 0 Å². The molecule has 0 radical (unpaired) electrons. The minimum Gasteiger partial charge on any atom is -0.383 e. The quantitative estimate of drug-likeness (QED) is 0.457. The minimum atomic E-state index is 0.553. The summed E-state index contributed by atoms with van der Waals surface area (Å²) in [6, 6.07) is 0. The zero-order valence-electron chi connectivity index (χ0n) is 5.03. The molecule has 0 fully saturated rings. The number of aromatic nitrogens is 1. The number of aliphatic imine (C=N–C) groups is 1. The predicted molar refractivity (Wildman–Crippen MR) is 38.8 cm³/mol. The normalized spacial score (nSPS) is 11.9. The van der Waals surface area contributed by atoms with Gasteiger partial charge in [0.2, 0.25) is 0 Å². The number of hydrogen-bond donors (Lipinski definition) is 1. The number of rotatable bonds is 1. The van der Waals surface area contributed by atoms with Crippen molar-refractivity contribution in [3.8, 4) is 0 Å². The van der Waals surface area contributed by atoms with Gasteiger partial charge in [-0.3, -0.25) is 9.98 Å². The second kappa shape index (κ2) is 2.59. The number of nitrogens with zero attached hydrogens (tertiary/aromatic N) is 2. The van der Waals surface area contributed by atoms with Gasteiger partial charge >= 0.3 is 0 Å². The van der Waals surface area contributed by atoms with Crippen molar-refractivity contribution in [1.29, 1.82) is 0 Å². The van der Waals surface area contributed by atoms with Crippen molar-refractivity contribution < 1.29 is 0 Å². The molecular formula is C5H7N3S. The molecule has 48 valence electrons. The van der Waals surface area contributed by atoms with Crippen molar-refractivity contribution >= 4 is 17.2 Å². The lowest BCUT2D eigenvalue weighted by molar-refractivity contribution is 1.38. The highest BCUT2D eigenvalue weighted by molar-refractivity contribution is 7.11. The molecule has 1 heterocycles. The average molecular weight is 141 g/mol. The molecule has 0 aliphatic rings. The Bertz CT molecular complexity index is 202. The maximum atomic E-state index is 5.46. The molecule has 0 spiro atoms. The van der Waals surface area contributed by atoms with E-state index in [-0.39, 0.29) is 0 Å². The van der Waals surface area contributed by atoms with Crippen LogP contribution in [-0.4, -0.2) is 17.9 Å². The average Bonchev–Trinajstić information content (AvgIpc) is 2.37. The molecule has 9 heavy (non-hydrogen) atoms. The highest BCUT2D eigenvalue weighted by Crippen LogP contribution is 2.03. The molecule has 0 saturated carbocycles. The molecule has 0 aliphatic heterocycles. The van der Waals surface area contributed by atoms with Gasteiger partial charge in [-0.2, -0.15) is 0 Å². The zero-order valence-corrected chi connectivity index (χ0v) is 5.85. The third-order valence-corrected chi connectivity index (χ3v) is 1.72. The fourth-order valence-electron chi connectivity index (χ4n) is 0.452. The first kappa shape index (κ1) is 6.22. The Morgan fingerprint density at radius 3 is 3.11 bits per heavy atom. The third kappa shape index (κ3) is 1.26. The molecule has 0 saturated heterocycles. The van der Waals surface area contributed by atoms with Crippen LogP contribution in [0.4, 0.5) is 0 Å². The van der Waals surface area contributed by atoms with E-state index in [2.05, 4.69) is 9.98 Å². The fourth-order valence-corrected chi connectivity index (χ4v) is 1.02. The smallest absolute Gasteiger partial charge is 0.137 e. The van der Waals surface area contributed by atoms with Crippen LogP contribution in [0.15, 0.2) is 16.7 Å². The summed E-state index contributed by atoms with van der Waals surface area (Å²) in [7, 11) is 1.66. The monoisotopic (exact) mass is 141 g/mol. The van der Waals surface area contributed by atoms with Gasteiger partial charge in [-0.05, 0) is 0 Å². The lowest BCUT2D eigenvalue weighted by atomic mass is 10.5. The van der Waals surface area contributed by atoms with Crippen LogP contribution in [0, 0.1) is 0 Å². The van der Waals surface area contributed by atoms with Gasteiger partial charge in [-0.15, -0.1) is 11.3 Å². The summed E-state index contributed by atoms with van der Waals surface area (Å²) in [5.74, 6) is 0.553. The van der Waals surface area contributed by atoms with E-state index < -0.39 is 0 Å². The molecule has 0 atom stereocenters. The summed E-state index contributed by atoms with van der Waals surface area (Å²) < 4.78 is 0. The summed E-state index contributed by atoms with van der Waals surface area (Å²) in [6.07, 6.45) is 1.70. The van der Waals surface area contributed by atoms with Crippen LogP contribution in [0.3, 0.4) is 0 Å². The molecule has 0 amide bonds. The summed E-state index contributed by atoms with van der Waals surface area (Å²) in [4.78, 5) is 8.57. The van der Waals surface area contributed by atoms with Crippen LogP contribution in [0.5, 0.6) is 0 Å². The Morgan fingerprint density at radius 1 is 1.89 bits per heavy atom. The van der Waals surface area contributed by atoms with Crippen LogP contribution >= 0.6 is 11.3 Å². The molecule has 1 aromatic rings. The number of thiazole rings is 1. The van der Waals surface area contributed by atoms with Crippen molar-refractivity contribution in [3.63, 3.8) is 0 Å². The SMILES string of the molecule is CN=C(N)c1cncs1. The Hall–Kier alpha value is -0.900.